The molecule has 1 aliphatic carbocycles. The van der Waals surface area contributed by atoms with E-state index in [0.29, 0.717) is 4.83 Å². The summed E-state index contributed by atoms with van der Waals surface area (Å²) < 4.78 is 0. The van der Waals surface area contributed by atoms with Gasteiger partial charge in [-0.2, -0.15) is 0 Å². The molecule has 1 unspecified atom stereocenters. The first kappa shape index (κ1) is 8.58. The molecule has 0 heterocycles. The van der Waals surface area contributed by atoms with Crippen molar-refractivity contribution in [2.45, 2.75) is 17.7 Å². The minimum Gasteiger partial charge on any atom is -0.0884 e. The highest BCUT2D eigenvalue weighted by Gasteiger charge is 2.35. The van der Waals surface area contributed by atoms with Crippen molar-refractivity contribution in [1.82, 2.24) is 0 Å². The van der Waals surface area contributed by atoms with Crippen molar-refractivity contribution < 1.29 is 0 Å². The van der Waals surface area contributed by atoms with E-state index in [2.05, 4.69) is 22.0 Å². The molecule has 1 radical (unpaired) electrons. The molecular formula is C10H9BrCl. The van der Waals surface area contributed by atoms with Crippen molar-refractivity contribution in [2.75, 3.05) is 0 Å². The smallest absolute Gasteiger partial charge is 0.0438 e. The molecule has 1 saturated carbocycles. The van der Waals surface area contributed by atoms with Gasteiger partial charge >= 0.3 is 0 Å². The molecule has 0 bridgehead atoms. The Balaban J connectivity index is 2.08. The lowest BCUT2D eigenvalue weighted by molar-refractivity contribution is 1.12. The summed E-state index contributed by atoms with van der Waals surface area (Å²) in [5.41, 5.74) is 1.25. The van der Waals surface area contributed by atoms with E-state index in [-0.39, 0.29) is 0 Å². The molecular weight excluding hydrogens is 235 g/mol. The van der Waals surface area contributed by atoms with Gasteiger partial charge in [0.25, 0.3) is 0 Å². The van der Waals surface area contributed by atoms with Crippen molar-refractivity contribution in [1.29, 1.82) is 0 Å². The van der Waals surface area contributed by atoms with E-state index >= 15 is 0 Å². The Morgan fingerprint density at radius 2 is 2.08 bits per heavy atom. The SMILES string of the molecule is Clc1ccccc1C[C]1CC1Br. The molecule has 0 amide bonds. The van der Waals surface area contributed by atoms with E-state index in [1.807, 2.05) is 18.2 Å². The average molecular weight is 245 g/mol. The standard InChI is InChI=1S/C10H9BrCl/c11-9-6-8(9)5-7-3-1-2-4-10(7)12/h1-4,9H,5-6H2. The van der Waals surface area contributed by atoms with Crippen LogP contribution in [0.2, 0.25) is 5.02 Å². The molecule has 1 atom stereocenters. The second-order valence-corrected chi connectivity index (χ2v) is 4.61. The van der Waals surface area contributed by atoms with Gasteiger partial charge in [0.1, 0.15) is 0 Å². The molecule has 2 rings (SSSR count). The van der Waals surface area contributed by atoms with Gasteiger partial charge in [0, 0.05) is 9.85 Å². The fourth-order valence-electron chi connectivity index (χ4n) is 1.24. The van der Waals surface area contributed by atoms with Crippen molar-refractivity contribution in [3.63, 3.8) is 0 Å². The third-order valence-electron chi connectivity index (χ3n) is 2.10. The third-order valence-corrected chi connectivity index (χ3v) is 3.44. The van der Waals surface area contributed by atoms with Crippen LogP contribution in [0.3, 0.4) is 0 Å². The van der Waals surface area contributed by atoms with Crippen LogP contribution in [0.25, 0.3) is 0 Å². The number of hydrogen-bond donors (Lipinski definition) is 0. The zero-order valence-electron chi connectivity index (χ0n) is 6.56. The van der Waals surface area contributed by atoms with Crippen LogP contribution in [0.15, 0.2) is 24.3 Å². The Hall–Kier alpha value is -0.0100. The molecule has 1 aliphatic rings. The molecule has 0 aromatic heterocycles. The molecule has 0 nitrogen and oxygen atoms in total. The predicted octanol–water partition coefficient (Wildman–Crippen LogP) is 3.62. The lowest BCUT2D eigenvalue weighted by Gasteiger charge is -2.00. The first-order valence-electron chi connectivity index (χ1n) is 3.99. The summed E-state index contributed by atoms with van der Waals surface area (Å²) in [6.45, 7) is 0. The first-order valence-corrected chi connectivity index (χ1v) is 5.29. The van der Waals surface area contributed by atoms with Crippen molar-refractivity contribution in [2.24, 2.45) is 0 Å². The number of rotatable bonds is 2. The van der Waals surface area contributed by atoms with E-state index in [4.69, 9.17) is 11.6 Å². The fraction of sp³-hybridized carbons (Fsp3) is 0.300. The van der Waals surface area contributed by atoms with Gasteiger partial charge < -0.3 is 0 Å². The molecule has 0 N–H and O–H groups in total. The van der Waals surface area contributed by atoms with Crippen LogP contribution in [-0.4, -0.2) is 4.83 Å². The molecule has 0 spiro atoms. The summed E-state index contributed by atoms with van der Waals surface area (Å²) >= 11 is 9.57. The van der Waals surface area contributed by atoms with Crippen LogP contribution in [0, 0.1) is 5.92 Å². The zero-order chi connectivity index (χ0) is 8.55. The number of alkyl halides is 1. The molecule has 1 aromatic carbocycles. The Kier molecular flexibility index (Phi) is 2.42. The topological polar surface area (TPSA) is 0 Å². The zero-order valence-corrected chi connectivity index (χ0v) is 8.90. The molecule has 63 valence electrons. The van der Waals surface area contributed by atoms with Gasteiger partial charge in [-0.05, 0) is 30.4 Å². The number of halogens is 2. The quantitative estimate of drug-likeness (QED) is 0.697. The maximum Gasteiger partial charge on any atom is 0.0438 e. The summed E-state index contributed by atoms with van der Waals surface area (Å²) in [7, 11) is 0. The second-order valence-electron chi connectivity index (χ2n) is 3.10. The lowest BCUT2D eigenvalue weighted by atomic mass is 10.1. The summed E-state index contributed by atoms with van der Waals surface area (Å²) in [5.74, 6) is 1.56. The third kappa shape index (κ3) is 1.83. The molecule has 1 fully saturated rings. The normalized spacial score (nSPS) is 22.7. The summed E-state index contributed by atoms with van der Waals surface area (Å²) in [6.07, 6.45) is 2.25. The van der Waals surface area contributed by atoms with Crippen LogP contribution in [0.4, 0.5) is 0 Å². The number of benzene rings is 1. The number of hydrogen-bond acceptors (Lipinski definition) is 0. The Bertz CT molecular complexity index is 285. The highest BCUT2D eigenvalue weighted by Crippen LogP contribution is 2.43. The van der Waals surface area contributed by atoms with E-state index < -0.39 is 0 Å². The molecule has 2 heteroatoms. The van der Waals surface area contributed by atoms with Crippen LogP contribution in [0.1, 0.15) is 12.0 Å². The largest absolute Gasteiger partial charge is 0.0884 e. The van der Waals surface area contributed by atoms with Crippen LogP contribution in [0.5, 0.6) is 0 Å². The van der Waals surface area contributed by atoms with Gasteiger partial charge in [0.05, 0.1) is 0 Å². The van der Waals surface area contributed by atoms with Crippen LogP contribution < -0.4 is 0 Å². The molecule has 0 saturated heterocycles. The Labute approximate surface area is 86.1 Å². The molecule has 0 aliphatic heterocycles. The van der Waals surface area contributed by atoms with Crippen LogP contribution in [-0.2, 0) is 6.42 Å². The van der Waals surface area contributed by atoms with Gasteiger partial charge in [-0.15, -0.1) is 0 Å². The summed E-state index contributed by atoms with van der Waals surface area (Å²) in [6, 6.07) is 8.04. The van der Waals surface area contributed by atoms with E-state index in [0.717, 1.165) is 11.4 Å². The van der Waals surface area contributed by atoms with E-state index in [9.17, 15) is 0 Å². The van der Waals surface area contributed by atoms with Gasteiger partial charge in [-0.25, -0.2) is 0 Å². The average Bonchev–Trinajstić information content (AvgIpc) is 2.72. The highest BCUT2D eigenvalue weighted by atomic mass is 79.9. The molecule has 12 heavy (non-hydrogen) atoms. The Morgan fingerprint density at radius 3 is 2.67 bits per heavy atom. The summed E-state index contributed by atoms with van der Waals surface area (Å²) in [4.78, 5) is 0.647. The van der Waals surface area contributed by atoms with Gasteiger partial charge in [0.15, 0.2) is 0 Å². The van der Waals surface area contributed by atoms with E-state index in [1.165, 1.54) is 12.0 Å². The fourth-order valence-corrected chi connectivity index (χ4v) is 2.02. The van der Waals surface area contributed by atoms with Gasteiger partial charge in [-0.1, -0.05) is 45.7 Å². The second kappa shape index (κ2) is 3.39. The van der Waals surface area contributed by atoms with E-state index in [1.54, 1.807) is 5.92 Å². The van der Waals surface area contributed by atoms with Gasteiger partial charge in [-0.3, -0.25) is 0 Å². The highest BCUT2D eigenvalue weighted by molar-refractivity contribution is 9.09. The van der Waals surface area contributed by atoms with Crippen LogP contribution >= 0.6 is 27.5 Å². The molecule has 1 aromatic rings. The lowest BCUT2D eigenvalue weighted by Crippen LogP contribution is -1.88. The first-order chi connectivity index (χ1) is 5.77. The van der Waals surface area contributed by atoms with Crippen molar-refractivity contribution in [3.05, 3.63) is 40.8 Å². The monoisotopic (exact) mass is 243 g/mol. The minimum atomic E-state index is 0.647. The predicted molar refractivity (Wildman–Crippen MR) is 55.7 cm³/mol. The van der Waals surface area contributed by atoms with Crippen molar-refractivity contribution >= 4 is 27.5 Å². The minimum absolute atomic E-state index is 0.647. The Morgan fingerprint density at radius 1 is 1.42 bits per heavy atom. The maximum absolute atomic E-state index is 6.02. The maximum atomic E-state index is 6.02. The summed E-state index contributed by atoms with van der Waals surface area (Å²) in [5, 5.41) is 0.886. The van der Waals surface area contributed by atoms with Gasteiger partial charge in [0.2, 0.25) is 0 Å². The van der Waals surface area contributed by atoms with Crippen molar-refractivity contribution in [3.8, 4) is 0 Å².